The minimum absolute atomic E-state index is 0.287. The van der Waals surface area contributed by atoms with Crippen LogP contribution in [0.15, 0.2) is 0 Å². The van der Waals surface area contributed by atoms with E-state index in [1.807, 2.05) is 4.90 Å². The molecule has 1 fully saturated rings. The second-order valence-corrected chi connectivity index (χ2v) is 3.11. The van der Waals surface area contributed by atoms with Crippen molar-refractivity contribution < 1.29 is 5.11 Å². The normalized spacial score (nSPS) is 22.2. The Kier molecular flexibility index (Phi) is 3.04. The van der Waals surface area contributed by atoms with Crippen molar-refractivity contribution >= 4 is 17.3 Å². The van der Waals surface area contributed by atoms with Crippen LogP contribution in [-0.4, -0.2) is 41.1 Å². The predicted molar refractivity (Wildman–Crippen MR) is 47.0 cm³/mol. The van der Waals surface area contributed by atoms with E-state index >= 15 is 0 Å². The summed E-state index contributed by atoms with van der Waals surface area (Å²) in [5, 5.41) is 15.7. The molecule has 0 bridgehead atoms. The summed E-state index contributed by atoms with van der Waals surface area (Å²) < 4.78 is 0. The van der Waals surface area contributed by atoms with Gasteiger partial charge in [-0.05, 0) is 19.1 Å². The maximum atomic E-state index is 9.04. The molecule has 1 unspecified atom stereocenters. The Hall–Kier alpha value is -0.390. The molecule has 3 N–H and O–H groups in total. The van der Waals surface area contributed by atoms with Crippen molar-refractivity contribution in [3.63, 3.8) is 0 Å². The highest BCUT2D eigenvalue weighted by Crippen LogP contribution is 1.91. The van der Waals surface area contributed by atoms with Crippen LogP contribution in [0.3, 0.4) is 0 Å². The van der Waals surface area contributed by atoms with Crippen molar-refractivity contribution in [2.24, 2.45) is 0 Å². The van der Waals surface area contributed by atoms with Crippen LogP contribution >= 0.6 is 12.2 Å². The summed E-state index contributed by atoms with van der Waals surface area (Å²) in [6.07, 6.45) is -0.287. The van der Waals surface area contributed by atoms with Crippen molar-refractivity contribution in [2.75, 3.05) is 19.9 Å². The predicted octanol–water partition coefficient (Wildman–Crippen LogP) is -0.938. The Morgan fingerprint density at radius 1 is 1.64 bits per heavy atom. The van der Waals surface area contributed by atoms with E-state index in [4.69, 9.17) is 17.3 Å². The zero-order valence-electron chi connectivity index (χ0n) is 6.50. The maximum absolute atomic E-state index is 9.04. The lowest BCUT2D eigenvalue weighted by Crippen LogP contribution is -2.55. The molecule has 0 aromatic heterocycles. The fourth-order valence-corrected chi connectivity index (χ4v) is 1.12. The van der Waals surface area contributed by atoms with E-state index in [0.717, 1.165) is 13.3 Å². The average Bonchev–Trinajstić information content (AvgIpc) is 1.93. The van der Waals surface area contributed by atoms with Gasteiger partial charge < -0.3 is 15.7 Å². The minimum Gasteiger partial charge on any atom is -0.392 e. The lowest BCUT2D eigenvalue weighted by Gasteiger charge is -2.30. The topological polar surface area (TPSA) is 47.5 Å². The zero-order chi connectivity index (χ0) is 8.27. The number of rotatable bonds is 2. The maximum Gasteiger partial charge on any atom is 0.168 e. The summed E-state index contributed by atoms with van der Waals surface area (Å²) in [6.45, 7) is 3.88. The first kappa shape index (κ1) is 8.70. The van der Waals surface area contributed by atoms with Crippen LogP contribution in [0.25, 0.3) is 0 Å². The SMILES string of the molecule is CC(O)CN1CNC(=S)NC1. The van der Waals surface area contributed by atoms with Crippen LogP contribution in [0.5, 0.6) is 0 Å². The number of aliphatic hydroxyl groups is 1. The van der Waals surface area contributed by atoms with E-state index in [0.29, 0.717) is 11.7 Å². The molecule has 0 amide bonds. The second-order valence-electron chi connectivity index (χ2n) is 2.70. The van der Waals surface area contributed by atoms with Gasteiger partial charge in [0.2, 0.25) is 0 Å². The molecule has 1 rings (SSSR count). The molecule has 1 saturated heterocycles. The number of hydrogen-bond donors (Lipinski definition) is 3. The van der Waals surface area contributed by atoms with Crippen LogP contribution < -0.4 is 10.6 Å². The molecule has 64 valence electrons. The van der Waals surface area contributed by atoms with Crippen molar-refractivity contribution in [1.82, 2.24) is 15.5 Å². The summed E-state index contributed by atoms with van der Waals surface area (Å²) in [4.78, 5) is 2.04. The van der Waals surface area contributed by atoms with E-state index in [2.05, 4.69) is 10.6 Å². The average molecular weight is 175 g/mol. The highest BCUT2D eigenvalue weighted by atomic mass is 32.1. The molecule has 4 nitrogen and oxygen atoms in total. The van der Waals surface area contributed by atoms with Gasteiger partial charge in [-0.2, -0.15) is 0 Å². The second kappa shape index (κ2) is 3.85. The Balaban J connectivity index is 2.22. The van der Waals surface area contributed by atoms with Gasteiger partial charge in [0, 0.05) is 6.54 Å². The van der Waals surface area contributed by atoms with Crippen LogP contribution in [0, 0.1) is 0 Å². The molecule has 0 aromatic carbocycles. The van der Waals surface area contributed by atoms with Gasteiger partial charge in [0.1, 0.15) is 0 Å². The monoisotopic (exact) mass is 175 g/mol. The summed E-state index contributed by atoms with van der Waals surface area (Å²) in [5.74, 6) is 0. The first-order valence-electron chi connectivity index (χ1n) is 3.60. The van der Waals surface area contributed by atoms with Crippen LogP contribution in [-0.2, 0) is 0 Å². The number of β-amino-alcohol motifs (C(OH)–C–C–N with tert-alkyl or cyclic N) is 1. The molecule has 1 heterocycles. The summed E-state index contributed by atoms with van der Waals surface area (Å²) in [7, 11) is 0. The third-order valence-corrected chi connectivity index (χ3v) is 1.74. The van der Waals surface area contributed by atoms with E-state index < -0.39 is 0 Å². The molecular weight excluding hydrogens is 162 g/mol. The number of aliphatic hydroxyl groups excluding tert-OH is 1. The molecule has 0 saturated carbocycles. The Labute approximate surface area is 71.6 Å². The molecule has 11 heavy (non-hydrogen) atoms. The van der Waals surface area contributed by atoms with Gasteiger partial charge in [-0.25, -0.2) is 0 Å². The molecule has 1 aliphatic rings. The lowest BCUT2D eigenvalue weighted by molar-refractivity contribution is 0.117. The van der Waals surface area contributed by atoms with E-state index in [9.17, 15) is 0 Å². The Bertz CT molecular complexity index is 141. The number of nitrogens with zero attached hydrogens (tertiary/aromatic N) is 1. The van der Waals surface area contributed by atoms with E-state index in [-0.39, 0.29) is 6.10 Å². The number of thiocarbonyl (C=S) groups is 1. The van der Waals surface area contributed by atoms with Gasteiger partial charge in [-0.3, -0.25) is 4.90 Å². The van der Waals surface area contributed by atoms with Gasteiger partial charge in [0.25, 0.3) is 0 Å². The van der Waals surface area contributed by atoms with Gasteiger partial charge in [0.15, 0.2) is 5.11 Å². The smallest absolute Gasteiger partial charge is 0.168 e. The Morgan fingerprint density at radius 3 is 2.64 bits per heavy atom. The number of hydrogen-bond acceptors (Lipinski definition) is 3. The van der Waals surface area contributed by atoms with Gasteiger partial charge >= 0.3 is 0 Å². The summed E-state index contributed by atoms with van der Waals surface area (Å²) >= 11 is 4.86. The van der Waals surface area contributed by atoms with Crippen LogP contribution in [0.4, 0.5) is 0 Å². The highest BCUT2D eigenvalue weighted by Gasteiger charge is 2.12. The Morgan fingerprint density at radius 2 is 2.18 bits per heavy atom. The van der Waals surface area contributed by atoms with Crippen LogP contribution in [0.1, 0.15) is 6.92 Å². The van der Waals surface area contributed by atoms with Crippen molar-refractivity contribution in [1.29, 1.82) is 0 Å². The third kappa shape index (κ3) is 3.00. The van der Waals surface area contributed by atoms with Crippen molar-refractivity contribution in [2.45, 2.75) is 13.0 Å². The molecule has 5 heteroatoms. The molecule has 1 aliphatic heterocycles. The highest BCUT2D eigenvalue weighted by molar-refractivity contribution is 7.80. The number of nitrogens with one attached hydrogen (secondary N) is 2. The molecule has 0 spiro atoms. The molecule has 1 atom stereocenters. The van der Waals surface area contributed by atoms with Gasteiger partial charge in [-0.15, -0.1) is 0 Å². The van der Waals surface area contributed by atoms with E-state index in [1.54, 1.807) is 6.92 Å². The summed E-state index contributed by atoms with van der Waals surface area (Å²) in [5.41, 5.74) is 0. The van der Waals surface area contributed by atoms with Crippen LogP contribution in [0.2, 0.25) is 0 Å². The largest absolute Gasteiger partial charge is 0.392 e. The third-order valence-electron chi connectivity index (χ3n) is 1.45. The van der Waals surface area contributed by atoms with Gasteiger partial charge in [-0.1, -0.05) is 0 Å². The molecular formula is C6H13N3OS. The minimum atomic E-state index is -0.287. The molecule has 0 radical (unpaired) electrons. The fourth-order valence-electron chi connectivity index (χ4n) is 0.988. The zero-order valence-corrected chi connectivity index (χ0v) is 7.32. The standard InChI is InChI=1S/C6H13N3OS/c1-5(10)2-9-3-7-6(11)8-4-9/h5,10H,2-4H2,1H3,(H2,7,8,11). The first-order chi connectivity index (χ1) is 5.18. The molecule has 0 aliphatic carbocycles. The first-order valence-corrected chi connectivity index (χ1v) is 4.01. The quantitative estimate of drug-likeness (QED) is 0.473. The molecule has 0 aromatic rings. The van der Waals surface area contributed by atoms with Crippen molar-refractivity contribution in [3.05, 3.63) is 0 Å². The van der Waals surface area contributed by atoms with E-state index in [1.165, 1.54) is 0 Å². The van der Waals surface area contributed by atoms with Gasteiger partial charge in [0.05, 0.1) is 19.4 Å². The fraction of sp³-hybridized carbons (Fsp3) is 0.833. The summed E-state index contributed by atoms with van der Waals surface area (Å²) in [6, 6.07) is 0. The van der Waals surface area contributed by atoms with Crippen molar-refractivity contribution in [3.8, 4) is 0 Å². The lowest BCUT2D eigenvalue weighted by atomic mass is 10.4.